The number of phenolic OH excluding ortho intramolecular Hbond substituents is 2. The number of nitrogens with one attached hydrogen (secondary N) is 1. The van der Waals surface area contributed by atoms with Gasteiger partial charge in [0.05, 0.1) is 27.3 Å². The third-order valence-corrected chi connectivity index (χ3v) is 3.72. The molecule has 0 unspecified atom stereocenters. The molecule has 0 amide bonds. The summed E-state index contributed by atoms with van der Waals surface area (Å²) in [5, 5.41) is 22.4. The van der Waals surface area contributed by atoms with E-state index in [9.17, 15) is 10.2 Å². The Morgan fingerprint density at radius 2 is 1.26 bits per heavy atom. The average molecular weight is 371 g/mol. The Balaban J connectivity index is 1.64. The molecule has 3 N–H and O–H groups in total. The molecular formula is C20H25N3O4. The fraction of sp³-hybridized carbons (Fsp3) is 0.300. The van der Waals surface area contributed by atoms with Crippen LogP contribution in [0.25, 0.3) is 0 Å². The van der Waals surface area contributed by atoms with Crippen LogP contribution in [0.15, 0.2) is 46.4 Å². The summed E-state index contributed by atoms with van der Waals surface area (Å²) in [6.45, 7) is 2.77. The van der Waals surface area contributed by atoms with E-state index in [0.29, 0.717) is 24.6 Å². The maximum absolute atomic E-state index is 9.55. The highest BCUT2D eigenvalue weighted by Crippen LogP contribution is 2.26. The van der Waals surface area contributed by atoms with Crippen LogP contribution in [0.4, 0.5) is 0 Å². The molecule has 7 nitrogen and oxygen atoms in total. The van der Waals surface area contributed by atoms with Gasteiger partial charge >= 0.3 is 0 Å². The van der Waals surface area contributed by atoms with Crippen LogP contribution in [0.1, 0.15) is 11.1 Å². The van der Waals surface area contributed by atoms with Crippen LogP contribution in [0.5, 0.6) is 23.0 Å². The van der Waals surface area contributed by atoms with Crippen LogP contribution in [0.3, 0.4) is 0 Å². The van der Waals surface area contributed by atoms with E-state index in [1.54, 1.807) is 48.8 Å². The van der Waals surface area contributed by atoms with Crippen LogP contribution < -0.4 is 14.8 Å². The maximum atomic E-state index is 9.55. The van der Waals surface area contributed by atoms with E-state index in [-0.39, 0.29) is 11.5 Å². The SMILES string of the molecule is COc1cc(C=NCCNCCN=Cc2ccc(O)c(OC)c2)ccc1O. The molecule has 2 aromatic rings. The third-order valence-electron chi connectivity index (χ3n) is 3.72. The van der Waals surface area contributed by atoms with E-state index >= 15 is 0 Å². The summed E-state index contributed by atoms with van der Waals surface area (Å²) in [4.78, 5) is 8.68. The van der Waals surface area contributed by atoms with Gasteiger partial charge in [0.15, 0.2) is 23.0 Å². The molecular weight excluding hydrogens is 346 g/mol. The van der Waals surface area contributed by atoms with E-state index in [2.05, 4.69) is 15.3 Å². The van der Waals surface area contributed by atoms with Crippen LogP contribution in [0.2, 0.25) is 0 Å². The van der Waals surface area contributed by atoms with Crippen molar-refractivity contribution in [2.24, 2.45) is 9.98 Å². The van der Waals surface area contributed by atoms with Crippen molar-refractivity contribution in [2.75, 3.05) is 40.4 Å². The fourth-order valence-electron chi connectivity index (χ4n) is 2.30. The number of aromatic hydroxyl groups is 2. The number of rotatable bonds is 10. The average Bonchev–Trinajstić information content (AvgIpc) is 2.69. The largest absolute Gasteiger partial charge is 0.504 e. The minimum atomic E-state index is 0.114. The smallest absolute Gasteiger partial charge is 0.161 e. The van der Waals surface area contributed by atoms with Gasteiger partial charge in [-0.05, 0) is 47.5 Å². The van der Waals surface area contributed by atoms with Crippen LogP contribution >= 0.6 is 0 Å². The molecule has 0 bridgehead atoms. The van der Waals surface area contributed by atoms with Gasteiger partial charge in [0.1, 0.15) is 0 Å². The summed E-state index contributed by atoms with van der Waals surface area (Å²) in [5.74, 6) is 1.09. The van der Waals surface area contributed by atoms with Gasteiger partial charge in [0.25, 0.3) is 0 Å². The fourth-order valence-corrected chi connectivity index (χ4v) is 2.30. The molecule has 0 heterocycles. The normalized spacial score (nSPS) is 11.3. The van der Waals surface area contributed by atoms with Crippen molar-refractivity contribution in [3.8, 4) is 23.0 Å². The Hall–Kier alpha value is -3.06. The van der Waals surface area contributed by atoms with Crippen molar-refractivity contribution in [3.63, 3.8) is 0 Å². The first-order valence-electron chi connectivity index (χ1n) is 8.58. The molecule has 0 aliphatic rings. The monoisotopic (exact) mass is 371 g/mol. The summed E-state index contributed by atoms with van der Waals surface area (Å²) in [5.41, 5.74) is 1.75. The lowest BCUT2D eigenvalue weighted by Gasteiger charge is -2.04. The zero-order valence-corrected chi connectivity index (χ0v) is 15.6. The van der Waals surface area contributed by atoms with Crippen LogP contribution in [0, 0.1) is 0 Å². The maximum Gasteiger partial charge on any atom is 0.161 e. The molecule has 2 rings (SSSR count). The molecule has 144 valence electrons. The molecule has 0 saturated heterocycles. The van der Waals surface area contributed by atoms with Gasteiger partial charge in [-0.3, -0.25) is 9.98 Å². The van der Waals surface area contributed by atoms with Crippen LogP contribution in [-0.2, 0) is 0 Å². The van der Waals surface area contributed by atoms with Gasteiger partial charge in [0.2, 0.25) is 0 Å². The Kier molecular flexibility index (Phi) is 8.12. The Morgan fingerprint density at radius 3 is 1.67 bits per heavy atom. The molecule has 0 atom stereocenters. The quantitative estimate of drug-likeness (QED) is 0.440. The standard InChI is InChI=1S/C20H25N3O4/c1-26-19-11-15(3-5-17(19)24)13-22-9-7-21-8-10-23-14-16-4-6-18(25)20(12-16)27-2/h3-6,11-14,21,24-25H,7-10H2,1-2H3. The topological polar surface area (TPSA) is 95.7 Å². The number of hydrogen-bond acceptors (Lipinski definition) is 7. The second-order valence-corrected chi connectivity index (χ2v) is 5.68. The van der Waals surface area contributed by atoms with E-state index in [4.69, 9.17) is 9.47 Å². The van der Waals surface area contributed by atoms with Crippen LogP contribution in [-0.4, -0.2) is 63.0 Å². The number of nitrogens with zero attached hydrogens (tertiary/aromatic N) is 2. The highest BCUT2D eigenvalue weighted by molar-refractivity contribution is 5.81. The van der Waals surface area contributed by atoms with E-state index in [0.717, 1.165) is 24.2 Å². The first kappa shape index (κ1) is 20.3. The van der Waals surface area contributed by atoms with Crippen molar-refractivity contribution in [2.45, 2.75) is 0 Å². The summed E-state index contributed by atoms with van der Waals surface area (Å²) >= 11 is 0. The number of phenols is 2. The zero-order chi connectivity index (χ0) is 19.5. The molecule has 0 aromatic heterocycles. The Bertz CT molecular complexity index is 725. The summed E-state index contributed by atoms with van der Waals surface area (Å²) < 4.78 is 10.1. The summed E-state index contributed by atoms with van der Waals surface area (Å²) in [6, 6.07) is 10.2. The molecule has 0 aliphatic heterocycles. The number of ether oxygens (including phenoxy) is 2. The summed E-state index contributed by atoms with van der Waals surface area (Å²) in [7, 11) is 3.03. The minimum absolute atomic E-state index is 0.114. The minimum Gasteiger partial charge on any atom is -0.504 e. The first-order valence-corrected chi connectivity index (χ1v) is 8.58. The van der Waals surface area contributed by atoms with Crippen molar-refractivity contribution >= 4 is 12.4 Å². The third kappa shape index (κ3) is 6.63. The van der Waals surface area contributed by atoms with E-state index in [1.807, 2.05) is 0 Å². The van der Waals surface area contributed by atoms with Crippen molar-refractivity contribution < 1.29 is 19.7 Å². The van der Waals surface area contributed by atoms with Crippen molar-refractivity contribution in [1.82, 2.24) is 5.32 Å². The first-order chi connectivity index (χ1) is 13.1. The predicted octanol–water partition coefficient (Wildman–Crippen LogP) is 2.24. The number of benzene rings is 2. The molecule has 7 heteroatoms. The predicted molar refractivity (Wildman–Crippen MR) is 107 cm³/mol. The van der Waals surface area contributed by atoms with Gasteiger partial charge in [-0.15, -0.1) is 0 Å². The highest BCUT2D eigenvalue weighted by Gasteiger charge is 2.01. The number of methoxy groups -OCH3 is 2. The van der Waals surface area contributed by atoms with Gasteiger partial charge < -0.3 is 25.0 Å². The lowest BCUT2D eigenvalue weighted by atomic mass is 10.2. The van der Waals surface area contributed by atoms with Crippen molar-refractivity contribution in [3.05, 3.63) is 47.5 Å². The second-order valence-electron chi connectivity index (χ2n) is 5.68. The zero-order valence-electron chi connectivity index (χ0n) is 15.6. The molecule has 0 saturated carbocycles. The molecule has 0 radical (unpaired) electrons. The van der Waals surface area contributed by atoms with Crippen molar-refractivity contribution in [1.29, 1.82) is 0 Å². The lowest BCUT2D eigenvalue weighted by molar-refractivity contribution is 0.373. The number of aliphatic imine (C=N–C) groups is 2. The molecule has 2 aromatic carbocycles. The lowest BCUT2D eigenvalue weighted by Crippen LogP contribution is -2.20. The van der Waals surface area contributed by atoms with Gasteiger partial charge in [-0.1, -0.05) is 0 Å². The second kappa shape index (κ2) is 10.8. The van der Waals surface area contributed by atoms with Gasteiger partial charge in [-0.2, -0.15) is 0 Å². The van der Waals surface area contributed by atoms with Gasteiger partial charge in [0, 0.05) is 25.5 Å². The molecule has 0 spiro atoms. The Labute approximate surface area is 159 Å². The van der Waals surface area contributed by atoms with E-state index in [1.165, 1.54) is 14.2 Å². The molecule has 27 heavy (non-hydrogen) atoms. The molecule has 0 aliphatic carbocycles. The molecule has 0 fully saturated rings. The van der Waals surface area contributed by atoms with Gasteiger partial charge in [-0.25, -0.2) is 0 Å². The number of hydrogen-bond donors (Lipinski definition) is 3. The summed E-state index contributed by atoms with van der Waals surface area (Å²) in [6.07, 6.45) is 3.50. The Morgan fingerprint density at radius 1 is 0.815 bits per heavy atom. The van der Waals surface area contributed by atoms with E-state index < -0.39 is 0 Å². The highest BCUT2D eigenvalue weighted by atomic mass is 16.5.